The molecule has 3 aromatic carbocycles. The van der Waals surface area contributed by atoms with E-state index < -0.39 is 6.10 Å². The van der Waals surface area contributed by atoms with Crippen molar-refractivity contribution in [2.45, 2.75) is 19.4 Å². The van der Waals surface area contributed by atoms with E-state index >= 15 is 0 Å². The second-order valence-corrected chi connectivity index (χ2v) is 8.07. The summed E-state index contributed by atoms with van der Waals surface area (Å²) in [6.07, 6.45) is 0.124. The SMILES string of the molecule is CC1Oc2cc(NC(=O)c3ccc(Cl)c(Cl)c3)ccc2N(CCc2ccccc2)C1=O. The van der Waals surface area contributed by atoms with Crippen LogP contribution in [-0.4, -0.2) is 24.5 Å². The fourth-order valence-corrected chi connectivity index (χ4v) is 3.74. The third-order valence-electron chi connectivity index (χ3n) is 5.07. The first-order chi connectivity index (χ1) is 14.9. The summed E-state index contributed by atoms with van der Waals surface area (Å²) in [7, 11) is 0. The summed E-state index contributed by atoms with van der Waals surface area (Å²) < 4.78 is 5.81. The van der Waals surface area contributed by atoms with Crippen LogP contribution in [0.25, 0.3) is 0 Å². The first-order valence-electron chi connectivity index (χ1n) is 9.85. The minimum absolute atomic E-state index is 0.0870. The Morgan fingerprint density at radius 2 is 1.81 bits per heavy atom. The van der Waals surface area contributed by atoms with Crippen LogP contribution in [0.5, 0.6) is 5.75 Å². The van der Waals surface area contributed by atoms with Gasteiger partial charge >= 0.3 is 0 Å². The van der Waals surface area contributed by atoms with Crippen molar-refractivity contribution in [1.82, 2.24) is 0 Å². The molecule has 1 atom stereocenters. The van der Waals surface area contributed by atoms with Gasteiger partial charge in [0.2, 0.25) is 0 Å². The van der Waals surface area contributed by atoms with Gasteiger partial charge in [0.05, 0.1) is 15.7 Å². The minimum Gasteiger partial charge on any atom is -0.479 e. The van der Waals surface area contributed by atoms with Crippen LogP contribution in [0.1, 0.15) is 22.8 Å². The molecule has 0 aliphatic carbocycles. The van der Waals surface area contributed by atoms with E-state index in [1.54, 1.807) is 42.2 Å². The molecule has 7 heteroatoms. The summed E-state index contributed by atoms with van der Waals surface area (Å²) in [6.45, 7) is 2.26. The zero-order valence-electron chi connectivity index (χ0n) is 16.8. The molecule has 1 aliphatic heterocycles. The van der Waals surface area contributed by atoms with Crippen LogP contribution in [0.15, 0.2) is 66.7 Å². The van der Waals surface area contributed by atoms with E-state index in [0.29, 0.717) is 39.3 Å². The normalized spacial score (nSPS) is 15.3. The van der Waals surface area contributed by atoms with E-state index in [9.17, 15) is 9.59 Å². The average molecular weight is 455 g/mol. The Balaban J connectivity index is 1.53. The van der Waals surface area contributed by atoms with Gasteiger partial charge < -0.3 is 15.0 Å². The fraction of sp³-hybridized carbons (Fsp3) is 0.167. The number of carbonyl (C=O) groups is 2. The Labute approximate surface area is 190 Å². The third kappa shape index (κ3) is 4.68. The number of nitrogens with one attached hydrogen (secondary N) is 1. The second-order valence-electron chi connectivity index (χ2n) is 7.25. The molecule has 0 saturated carbocycles. The molecule has 5 nitrogen and oxygen atoms in total. The number of nitrogens with zero attached hydrogens (tertiary/aromatic N) is 1. The van der Waals surface area contributed by atoms with E-state index in [0.717, 1.165) is 12.0 Å². The van der Waals surface area contributed by atoms with Crippen LogP contribution < -0.4 is 15.0 Å². The Morgan fingerprint density at radius 3 is 2.55 bits per heavy atom. The van der Waals surface area contributed by atoms with Crippen molar-refractivity contribution in [3.8, 4) is 5.75 Å². The van der Waals surface area contributed by atoms with Crippen LogP contribution in [0, 0.1) is 0 Å². The van der Waals surface area contributed by atoms with Gasteiger partial charge in [0.15, 0.2) is 6.10 Å². The van der Waals surface area contributed by atoms with Gasteiger partial charge in [-0.05, 0) is 49.2 Å². The molecule has 0 aromatic heterocycles. The van der Waals surface area contributed by atoms with Crippen LogP contribution >= 0.6 is 23.2 Å². The lowest BCUT2D eigenvalue weighted by atomic mass is 10.1. The summed E-state index contributed by atoms with van der Waals surface area (Å²) >= 11 is 11.9. The zero-order chi connectivity index (χ0) is 22.0. The lowest BCUT2D eigenvalue weighted by molar-refractivity contribution is -0.125. The van der Waals surface area contributed by atoms with Crippen molar-refractivity contribution in [3.05, 3.63) is 87.9 Å². The highest BCUT2D eigenvalue weighted by molar-refractivity contribution is 6.42. The van der Waals surface area contributed by atoms with E-state index in [-0.39, 0.29) is 11.8 Å². The van der Waals surface area contributed by atoms with Crippen LogP contribution in [-0.2, 0) is 11.2 Å². The molecule has 1 heterocycles. The van der Waals surface area contributed by atoms with Crippen molar-refractivity contribution >= 4 is 46.4 Å². The number of hydrogen-bond donors (Lipinski definition) is 1. The number of hydrogen-bond acceptors (Lipinski definition) is 3. The van der Waals surface area contributed by atoms with E-state index in [2.05, 4.69) is 5.32 Å². The molecule has 4 rings (SSSR count). The average Bonchev–Trinajstić information content (AvgIpc) is 2.76. The molecular formula is C24H20Cl2N2O3. The molecule has 0 radical (unpaired) electrons. The molecule has 2 amide bonds. The Morgan fingerprint density at radius 1 is 1.03 bits per heavy atom. The van der Waals surface area contributed by atoms with Crippen LogP contribution in [0.2, 0.25) is 10.0 Å². The molecule has 31 heavy (non-hydrogen) atoms. The number of anilines is 2. The highest BCUT2D eigenvalue weighted by Crippen LogP contribution is 2.36. The molecule has 0 fully saturated rings. The summed E-state index contributed by atoms with van der Waals surface area (Å²) in [6, 6.07) is 20.0. The van der Waals surface area contributed by atoms with Gasteiger partial charge in [-0.3, -0.25) is 9.59 Å². The molecule has 1 N–H and O–H groups in total. The smallest absolute Gasteiger partial charge is 0.267 e. The van der Waals surface area contributed by atoms with Gasteiger partial charge in [0.1, 0.15) is 5.75 Å². The summed E-state index contributed by atoms with van der Waals surface area (Å²) in [5, 5.41) is 3.52. The number of fused-ring (bicyclic) bond motifs is 1. The molecule has 1 unspecified atom stereocenters. The maximum Gasteiger partial charge on any atom is 0.267 e. The monoisotopic (exact) mass is 454 g/mol. The summed E-state index contributed by atoms with van der Waals surface area (Å²) in [5.74, 6) is 0.141. The minimum atomic E-state index is -0.607. The topological polar surface area (TPSA) is 58.6 Å². The van der Waals surface area contributed by atoms with Crippen molar-refractivity contribution in [2.24, 2.45) is 0 Å². The number of amides is 2. The zero-order valence-corrected chi connectivity index (χ0v) is 18.3. The Bertz CT molecular complexity index is 1130. The van der Waals surface area contributed by atoms with E-state index in [1.807, 2.05) is 30.3 Å². The van der Waals surface area contributed by atoms with Gasteiger partial charge in [-0.1, -0.05) is 53.5 Å². The van der Waals surface area contributed by atoms with Crippen LogP contribution in [0.4, 0.5) is 11.4 Å². The van der Waals surface area contributed by atoms with Crippen LogP contribution in [0.3, 0.4) is 0 Å². The lowest BCUT2D eigenvalue weighted by Gasteiger charge is -2.33. The highest BCUT2D eigenvalue weighted by Gasteiger charge is 2.31. The maximum absolute atomic E-state index is 12.7. The molecule has 0 spiro atoms. The highest BCUT2D eigenvalue weighted by atomic mass is 35.5. The van der Waals surface area contributed by atoms with Crippen molar-refractivity contribution in [2.75, 3.05) is 16.8 Å². The molecule has 0 bridgehead atoms. The molecule has 158 valence electrons. The first-order valence-corrected chi connectivity index (χ1v) is 10.6. The van der Waals surface area contributed by atoms with Crippen molar-refractivity contribution in [1.29, 1.82) is 0 Å². The van der Waals surface area contributed by atoms with Gasteiger partial charge in [-0.15, -0.1) is 0 Å². The number of rotatable bonds is 5. The summed E-state index contributed by atoms with van der Waals surface area (Å²) in [5.41, 5.74) is 2.79. The number of ether oxygens (including phenoxy) is 1. The Hall–Kier alpha value is -3.02. The summed E-state index contributed by atoms with van der Waals surface area (Å²) in [4.78, 5) is 27.0. The number of halogens is 2. The maximum atomic E-state index is 12.7. The fourth-order valence-electron chi connectivity index (χ4n) is 3.45. The molecule has 1 aliphatic rings. The standard InChI is InChI=1S/C24H20Cl2N2O3/c1-15-24(30)28(12-11-16-5-3-2-4-6-16)21-10-8-18(14-22(21)31-15)27-23(29)17-7-9-19(25)20(26)13-17/h2-10,13-15H,11-12H2,1H3,(H,27,29). The van der Waals surface area contributed by atoms with E-state index in [1.165, 1.54) is 6.07 Å². The molecule has 0 saturated heterocycles. The predicted molar refractivity (Wildman–Crippen MR) is 123 cm³/mol. The van der Waals surface area contributed by atoms with Crippen molar-refractivity contribution in [3.63, 3.8) is 0 Å². The third-order valence-corrected chi connectivity index (χ3v) is 5.81. The molecule has 3 aromatic rings. The lowest BCUT2D eigenvalue weighted by Crippen LogP contribution is -2.45. The van der Waals surface area contributed by atoms with Gasteiger partial charge in [0, 0.05) is 23.9 Å². The van der Waals surface area contributed by atoms with Crippen molar-refractivity contribution < 1.29 is 14.3 Å². The quantitative estimate of drug-likeness (QED) is 0.545. The Kier molecular flexibility index (Phi) is 6.16. The van der Waals surface area contributed by atoms with Gasteiger partial charge in [-0.25, -0.2) is 0 Å². The second kappa shape index (κ2) is 9.00. The first kappa shape index (κ1) is 21.2. The largest absolute Gasteiger partial charge is 0.479 e. The number of carbonyl (C=O) groups excluding carboxylic acids is 2. The van der Waals surface area contributed by atoms with Gasteiger partial charge in [0.25, 0.3) is 11.8 Å². The van der Waals surface area contributed by atoms with Gasteiger partial charge in [-0.2, -0.15) is 0 Å². The van der Waals surface area contributed by atoms with E-state index in [4.69, 9.17) is 27.9 Å². The predicted octanol–water partition coefficient (Wildman–Crippen LogP) is 5.60. The number of benzene rings is 3. The molecular weight excluding hydrogens is 435 g/mol.